The lowest BCUT2D eigenvalue weighted by Gasteiger charge is -2.35. The highest BCUT2D eigenvalue weighted by molar-refractivity contribution is 5.84. The van der Waals surface area contributed by atoms with E-state index in [9.17, 15) is 4.79 Å². The molecule has 0 spiro atoms. The SMILES string of the molecule is CCNC(=NCCc1c(C)[nH]c2ccccc12)N1CCN(C(=O)OCC)CC1. The van der Waals surface area contributed by atoms with E-state index in [0.29, 0.717) is 19.7 Å². The smallest absolute Gasteiger partial charge is 0.409 e. The Hall–Kier alpha value is -2.70. The summed E-state index contributed by atoms with van der Waals surface area (Å²) in [6, 6.07) is 8.41. The number of para-hydroxylation sites is 1. The van der Waals surface area contributed by atoms with E-state index in [4.69, 9.17) is 9.73 Å². The van der Waals surface area contributed by atoms with E-state index in [0.717, 1.165) is 38.6 Å². The van der Waals surface area contributed by atoms with Gasteiger partial charge in [0.1, 0.15) is 0 Å². The van der Waals surface area contributed by atoms with Crippen molar-refractivity contribution in [2.45, 2.75) is 27.2 Å². The first kappa shape index (κ1) is 20.0. The van der Waals surface area contributed by atoms with Gasteiger partial charge in [0.05, 0.1) is 6.61 Å². The number of aromatic amines is 1. The maximum atomic E-state index is 11.9. The van der Waals surface area contributed by atoms with Crippen molar-refractivity contribution in [2.75, 3.05) is 45.9 Å². The molecule has 2 aromatic rings. The number of nitrogens with zero attached hydrogens (tertiary/aromatic N) is 3. The first-order valence-electron chi connectivity index (χ1n) is 10.1. The highest BCUT2D eigenvalue weighted by Gasteiger charge is 2.23. The number of hydrogen-bond donors (Lipinski definition) is 2. The highest BCUT2D eigenvalue weighted by Crippen LogP contribution is 2.22. The molecular weight excluding hydrogens is 354 g/mol. The maximum Gasteiger partial charge on any atom is 0.409 e. The number of nitrogens with one attached hydrogen (secondary N) is 2. The molecule has 2 N–H and O–H groups in total. The van der Waals surface area contributed by atoms with Crippen molar-refractivity contribution in [3.8, 4) is 0 Å². The van der Waals surface area contributed by atoms with Crippen LogP contribution in [0.3, 0.4) is 0 Å². The van der Waals surface area contributed by atoms with Gasteiger partial charge in [-0.05, 0) is 38.8 Å². The summed E-state index contributed by atoms with van der Waals surface area (Å²) in [4.78, 5) is 24.2. The number of H-pyrrole nitrogens is 1. The van der Waals surface area contributed by atoms with Gasteiger partial charge in [-0.3, -0.25) is 4.99 Å². The largest absolute Gasteiger partial charge is 0.450 e. The molecule has 1 aromatic carbocycles. The predicted molar refractivity (Wildman–Crippen MR) is 113 cm³/mol. The average Bonchev–Trinajstić information content (AvgIpc) is 3.03. The van der Waals surface area contributed by atoms with Crippen LogP contribution in [0, 0.1) is 6.92 Å². The number of rotatable bonds is 5. The van der Waals surface area contributed by atoms with Crippen LogP contribution in [-0.4, -0.2) is 72.7 Å². The fraction of sp³-hybridized carbons (Fsp3) is 0.524. The highest BCUT2D eigenvalue weighted by atomic mass is 16.6. The number of hydrogen-bond acceptors (Lipinski definition) is 3. The minimum atomic E-state index is -0.223. The third-order valence-corrected chi connectivity index (χ3v) is 5.09. The van der Waals surface area contributed by atoms with Crippen LogP contribution in [0.1, 0.15) is 25.1 Å². The van der Waals surface area contributed by atoms with Crippen LogP contribution in [0.5, 0.6) is 0 Å². The molecule has 1 aliphatic heterocycles. The molecule has 152 valence electrons. The third-order valence-electron chi connectivity index (χ3n) is 5.09. The Balaban J connectivity index is 1.62. The van der Waals surface area contributed by atoms with E-state index in [1.807, 2.05) is 6.92 Å². The van der Waals surface area contributed by atoms with Crippen molar-refractivity contribution in [3.05, 3.63) is 35.5 Å². The van der Waals surface area contributed by atoms with Gasteiger partial charge < -0.3 is 24.8 Å². The van der Waals surface area contributed by atoms with Gasteiger partial charge in [0.15, 0.2) is 5.96 Å². The molecule has 0 bridgehead atoms. The molecule has 3 rings (SSSR count). The Morgan fingerprint density at radius 3 is 2.61 bits per heavy atom. The lowest BCUT2D eigenvalue weighted by Crippen LogP contribution is -2.54. The summed E-state index contributed by atoms with van der Waals surface area (Å²) in [5.74, 6) is 0.920. The fourth-order valence-electron chi connectivity index (χ4n) is 3.67. The molecule has 1 amide bonds. The summed E-state index contributed by atoms with van der Waals surface area (Å²) in [7, 11) is 0. The van der Waals surface area contributed by atoms with Crippen LogP contribution >= 0.6 is 0 Å². The fourth-order valence-corrected chi connectivity index (χ4v) is 3.67. The van der Waals surface area contributed by atoms with Crippen LogP contribution in [-0.2, 0) is 11.2 Å². The summed E-state index contributed by atoms with van der Waals surface area (Å²) in [5.41, 5.74) is 3.73. The molecule has 0 atom stereocenters. The minimum Gasteiger partial charge on any atom is -0.450 e. The van der Waals surface area contributed by atoms with Gasteiger partial charge >= 0.3 is 6.09 Å². The topological polar surface area (TPSA) is 73.0 Å². The van der Waals surface area contributed by atoms with Gasteiger partial charge in [0, 0.05) is 55.9 Å². The summed E-state index contributed by atoms with van der Waals surface area (Å²) in [6.07, 6.45) is 0.673. The van der Waals surface area contributed by atoms with E-state index in [2.05, 4.69) is 53.3 Å². The van der Waals surface area contributed by atoms with E-state index >= 15 is 0 Å². The number of piperazine rings is 1. The number of benzene rings is 1. The van der Waals surface area contributed by atoms with E-state index in [1.165, 1.54) is 22.2 Å². The van der Waals surface area contributed by atoms with E-state index in [-0.39, 0.29) is 6.09 Å². The summed E-state index contributed by atoms with van der Waals surface area (Å²) < 4.78 is 5.10. The normalized spacial score (nSPS) is 15.2. The number of carbonyl (C=O) groups is 1. The zero-order chi connectivity index (χ0) is 19.9. The molecule has 28 heavy (non-hydrogen) atoms. The monoisotopic (exact) mass is 385 g/mol. The van der Waals surface area contributed by atoms with Crippen LogP contribution in [0.25, 0.3) is 10.9 Å². The van der Waals surface area contributed by atoms with E-state index < -0.39 is 0 Å². The Labute approximate surface area is 166 Å². The first-order valence-corrected chi connectivity index (χ1v) is 10.1. The number of fused-ring (bicyclic) bond motifs is 1. The molecule has 1 aliphatic rings. The average molecular weight is 386 g/mol. The Morgan fingerprint density at radius 1 is 1.18 bits per heavy atom. The number of guanidine groups is 1. The van der Waals surface area contributed by atoms with Crippen molar-refractivity contribution >= 4 is 23.0 Å². The Morgan fingerprint density at radius 2 is 1.89 bits per heavy atom. The van der Waals surface area contributed by atoms with Gasteiger partial charge in [-0.15, -0.1) is 0 Å². The summed E-state index contributed by atoms with van der Waals surface area (Å²) in [5, 5.41) is 4.67. The number of ether oxygens (including phenoxy) is 1. The number of aromatic nitrogens is 1. The van der Waals surface area contributed by atoms with Crippen LogP contribution < -0.4 is 5.32 Å². The van der Waals surface area contributed by atoms with Crippen molar-refractivity contribution in [1.29, 1.82) is 0 Å². The van der Waals surface area contributed by atoms with Gasteiger partial charge in [0.25, 0.3) is 0 Å². The molecule has 7 nitrogen and oxygen atoms in total. The second-order valence-corrected chi connectivity index (χ2v) is 6.93. The van der Waals surface area contributed by atoms with Crippen LogP contribution in [0.15, 0.2) is 29.3 Å². The van der Waals surface area contributed by atoms with Crippen molar-refractivity contribution < 1.29 is 9.53 Å². The second kappa shape index (κ2) is 9.48. The van der Waals surface area contributed by atoms with Crippen LogP contribution in [0.2, 0.25) is 0 Å². The molecule has 0 aliphatic carbocycles. The van der Waals surface area contributed by atoms with Crippen molar-refractivity contribution in [3.63, 3.8) is 0 Å². The summed E-state index contributed by atoms with van der Waals surface area (Å²) in [6.45, 7) is 10.8. The Bertz CT molecular complexity index is 821. The molecule has 1 saturated heterocycles. The van der Waals surface area contributed by atoms with E-state index in [1.54, 1.807) is 4.90 Å². The second-order valence-electron chi connectivity index (χ2n) is 6.93. The lowest BCUT2D eigenvalue weighted by molar-refractivity contribution is 0.0914. The molecular formula is C21H31N5O2. The zero-order valence-electron chi connectivity index (χ0n) is 17.1. The maximum absolute atomic E-state index is 11.9. The molecule has 7 heteroatoms. The minimum absolute atomic E-state index is 0.223. The number of aryl methyl sites for hydroxylation is 1. The van der Waals surface area contributed by atoms with Crippen molar-refractivity contribution in [2.24, 2.45) is 4.99 Å². The number of aliphatic imine (C=N–C) groups is 1. The molecule has 0 radical (unpaired) electrons. The molecule has 0 unspecified atom stereocenters. The van der Waals surface area contributed by atoms with Crippen LogP contribution in [0.4, 0.5) is 4.79 Å². The molecule has 1 aromatic heterocycles. The lowest BCUT2D eigenvalue weighted by atomic mass is 10.1. The zero-order valence-corrected chi connectivity index (χ0v) is 17.1. The summed E-state index contributed by atoms with van der Waals surface area (Å²) >= 11 is 0. The van der Waals surface area contributed by atoms with Crippen molar-refractivity contribution in [1.82, 2.24) is 20.1 Å². The van der Waals surface area contributed by atoms with Gasteiger partial charge in [-0.2, -0.15) is 0 Å². The van der Waals surface area contributed by atoms with Gasteiger partial charge in [-0.25, -0.2) is 4.79 Å². The quantitative estimate of drug-likeness (QED) is 0.613. The first-order chi connectivity index (χ1) is 13.6. The molecule has 1 fully saturated rings. The standard InChI is InChI=1S/C21H31N5O2/c1-4-22-20(25-12-14-26(15-13-25)21(27)28-5-2)23-11-10-17-16(3)24-19-9-7-6-8-18(17)19/h6-9,24H,4-5,10-15H2,1-3H3,(H,22,23). The molecule has 2 heterocycles. The van der Waals surface area contributed by atoms with Gasteiger partial charge in [0.2, 0.25) is 0 Å². The Kier molecular flexibility index (Phi) is 6.79. The number of carbonyl (C=O) groups excluding carboxylic acids is 1. The number of amides is 1. The van der Waals surface area contributed by atoms with Gasteiger partial charge in [-0.1, -0.05) is 18.2 Å². The molecule has 0 saturated carbocycles. The predicted octanol–water partition coefficient (Wildman–Crippen LogP) is 2.76. The third kappa shape index (κ3) is 4.58.